The van der Waals surface area contributed by atoms with Crippen LogP contribution in [-0.4, -0.2) is 4.87 Å². The fourth-order valence-corrected chi connectivity index (χ4v) is 2.28. The van der Waals surface area contributed by atoms with Crippen LogP contribution in [0.4, 0.5) is 0 Å². The first-order valence-electron chi connectivity index (χ1n) is 4.72. The fraction of sp³-hybridized carbons (Fsp3) is 0.900. The molecule has 0 aromatic carbocycles. The van der Waals surface area contributed by atoms with Crippen molar-refractivity contribution in [1.29, 1.82) is 5.26 Å². The Hall–Kier alpha value is -0.220. The van der Waals surface area contributed by atoms with Crippen molar-refractivity contribution in [2.24, 2.45) is 5.92 Å². The molecular formula is C10H16ClN. The Kier molecular flexibility index (Phi) is 3.40. The van der Waals surface area contributed by atoms with Gasteiger partial charge in [0.05, 0.1) is 17.4 Å². The van der Waals surface area contributed by atoms with E-state index in [1.54, 1.807) is 0 Å². The number of rotatable bonds is 2. The minimum absolute atomic E-state index is 0.269. The Morgan fingerprint density at radius 3 is 2.50 bits per heavy atom. The molecule has 68 valence electrons. The lowest BCUT2D eigenvalue weighted by molar-refractivity contribution is 0.287. The van der Waals surface area contributed by atoms with Gasteiger partial charge in [0.15, 0.2) is 0 Å². The summed E-state index contributed by atoms with van der Waals surface area (Å²) in [4.78, 5) is -0.269. The van der Waals surface area contributed by atoms with Crippen molar-refractivity contribution >= 4 is 11.6 Å². The van der Waals surface area contributed by atoms with Gasteiger partial charge in [-0.1, -0.05) is 19.3 Å². The van der Waals surface area contributed by atoms with Crippen molar-refractivity contribution in [1.82, 2.24) is 0 Å². The van der Waals surface area contributed by atoms with Crippen LogP contribution in [0.2, 0.25) is 0 Å². The molecule has 0 aromatic heterocycles. The number of hydrogen-bond donors (Lipinski definition) is 0. The molecule has 1 aliphatic carbocycles. The van der Waals surface area contributed by atoms with Crippen LogP contribution in [0.5, 0.6) is 0 Å². The number of nitrogens with zero attached hydrogens (tertiary/aromatic N) is 1. The fourth-order valence-electron chi connectivity index (χ4n) is 2.00. The Morgan fingerprint density at radius 1 is 1.42 bits per heavy atom. The molecule has 1 unspecified atom stereocenters. The number of hydrogen-bond acceptors (Lipinski definition) is 1. The van der Waals surface area contributed by atoms with E-state index in [2.05, 4.69) is 6.07 Å². The Labute approximate surface area is 79.7 Å². The van der Waals surface area contributed by atoms with E-state index < -0.39 is 0 Å². The second-order valence-corrected chi connectivity index (χ2v) is 4.81. The van der Waals surface area contributed by atoms with E-state index in [9.17, 15) is 0 Å². The summed E-state index contributed by atoms with van der Waals surface area (Å²) < 4.78 is 0. The quantitative estimate of drug-likeness (QED) is 0.605. The highest BCUT2D eigenvalue weighted by atomic mass is 35.5. The summed E-state index contributed by atoms with van der Waals surface area (Å²) in [6.45, 7) is 2.01. The zero-order valence-corrected chi connectivity index (χ0v) is 8.40. The van der Waals surface area contributed by atoms with E-state index in [1.165, 1.54) is 32.1 Å². The van der Waals surface area contributed by atoms with Crippen molar-refractivity contribution < 1.29 is 0 Å². The van der Waals surface area contributed by atoms with Crippen LogP contribution in [-0.2, 0) is 0 Å². The highest BCUT2D eigenvalue weighted by Crippen LogP contribution is 2.38. The Morgan fingerprint density at radius 2 is 2.00 bits per heavy atom. The lowest BCUT2D eigenvalue weighted by atomic mass is 9.79. The predicted molar refractivity (Wildman–Crippen MR) is 51.1 cm³/mol. The molecule has 1 atom stereocenters. The second kappa shape index (κ2) is 4.14. The highest BCUT2D eigenvalue weighted by molar-refractivity contribution is 6.24. The van der Waals surface area contributed by atoms with E-state index in [0.717, 1.165) is 0 Å². The van der Waals surface area contributed by atoms with Crippen molar-refractivity contribution in [2.75, 3.05) is 0 Å². The molecule has 0 saturated heterocycles. The number of nitriles is 1. The van der Waals surface area contributed by atoms with Crippen molar-refractivity contribution in [3.8, 4) is 6.07 Å². The van der Waals surface area contributed by atoms with Crippen molar-refractivity contribution in [2.45, 2.75) is 50.3 Å². The average molecular weight is 186 g/mol. The van der Waals surface area contributed by atoms with Gasteiger partial charge in [0, 0.05) is 0 Å². The van der Waals surface area contributed by atoms with Gasteiger partial charge in [-0.05, 0) is 25.7 Å². The predicted octanol–water partition coefficient (Wildman–Crippen LogP) is 3.48. The molecule has 0 bridgehead atoms. The summed E-state index contributed by atoms with van der Waals surface area (Å²) in [5.41, 5.74) is 0. The third-order valence-corrected chi connectivity index (χ3v) is 3.32. The van der Waals surface area contributed by atoms with Gasteiger partial charge in [0.25, 0.3) is 0 Å². The summed E-state index contributed by atoms with van der Waals surface area (Å²) in [6, 6.07) is 2.17. The molecule has 1 fully saturated rings. The normalized spacial score (nSPS) is 24.4. The van der Waals surface area contributed by atoms with E-state index in [4.69, 9.17) is 16.9 Å². The van der Waals surface area contributed by atoms with Crippen LogP contribution in [0.3, 0.4) is 0 Å². The second-order valence-electron chi connectivity index (χ2n) is 3.95. The van der Waals surface area contributed by atoms with Crippen molar-refractivity contribution in [3.05, 3.63) is 0 Å². The van der Waals surface area contributed by atoms with Gasteiger partial charge in [-0.2, -0.15) is 5.26 Å². The van der Waals surface area contributed by atoms with Crippen molar-refractivity contribution in [3.63, 3.8) is 0 Å². The lowest BCUT2D eigenvalue weighted by Crippen LogP contribution is -2.29. The molecule has 1 nitrogen and oxygen atoms in total. The SMILES string of the molecule is CC(Cl)(CC#N)C1CCCCC1. The standard InChI is InChI=1S/C10H16ClN/c1-10(11,7-8-12)9-5-3-2-4-6-9/h9H,2-7H2,1H3. The molecule has 0 heterocycles. The summed E-state index contributed by atoms with van der Waals surface area (Å²) in [5.74, 6) is 0.563. The van der Waals surface area contributed by atoms with Gasteiger partial charge in [0.1, 0.15) is 0 Å². The van der Waals surface area contributed by atoms with Gasteiger partial charge in [0.2, 0.25) is 0 Å². The summed E-state index contributed by atoms with van der Waals surface area (Å²) >= 11 is 6.29. The third-order valence-electron chi connectivity index (χ3n) is 2.88. The first kappa shape index (κ1) is 9.86. The first-order chi connectivity index (χ1) is 5.67. The zero-order valence-electron chi connectivity index (χ0n) is 7.65. The van der Waals surface area contributed by atoms with Gasteiger partial charge < -0.3 is 0 Å². The molecule has 0 aliphatic heterocycles. The van der Waals surface area contributed by atoms with Gasteiger partial charge in [-0.3, -0.25) is 0 Å². The van der Waals surface area contributed by atoms with Gasteiger partial charge in [-0.15, -0.1) is 11.6 Å². The molecule has 2 heteroatoms. The maximum Gasteiger partial charge on any atom is 0.0640 e. The van der Waals surface area contributed by atoms with E-state index in [0.29, 0.717) is 12.3 Å². The highest BCUT2D eigenvalue weighted by Gasteiger charge is 2.32. The van der Waals surface area contributed by atoms with E-state index in [1.807, 2.05) is 6.92 Å². The summed E-state index contributed by atoms with van der Waals surface area (Å²) in [6.07, 6.45) is 6.83. The zero-order chi connectivity index (χ0) is 9.03. The van der Waals surface area contributed by atoms with Crippen LogP contribution in [0, 0.1) is 17.2 Å². The molecule has 0 spiro atoms. The molecule has 1 aliphatic rings. The molecule has 1 saturated carbocycles. The summed E-state index contributed by atoms with van der Waals surface area (Å²) in [7, 11) is 0. The van der Waals surface area contributed by atoms with E-state index >= 15 is 0 Å². The molecule has 0 radical (unpaired) electrons. The molecule has 0 amide bonds. The smallest absolute Gasteiger partial charge is 0.0640 e. The molecule has 12 heavy (non-hydrogen) atoms. The lowest BCUT2D eigenvalue weighted by Gasteiger charge is -2.33. The number of halogens is 1. The van der Waals surface area contributed by atoms with Gasteiger partial charge >= 0.3 is 0 Å². The molecule has 0 N–H and O–H groups in total. The minimum atomic E-state index is -0.269. The molecule has 0 aromatic rings. The van der Waals surface area contributed by atoms with Gasteiger partial charge in [-0.25, -0.2) is 0 Å². The maximum atomic E-state index is 8.60. The monoisotopic (exact) mass is 185 g/mol. The average Bonchev–Trinajstić information content (AvgIpc) is 2.06. The molecular weight excluding hydrogens is 170 g/mol. The topological polar surface area (TPSA) is 23.8 Å². The van der Waals surface area contributed by atoms with Crippen LogP contribution >= 0.6 is 11.6 Å². The Balaban J connectivity index is 2.48. The minimum Gasteiger partial charge on any atom is -0.198 e. The number of alkyl halides is 1. The maximum absolute atomic E-state index is 8.60. The summed E-state index contributed by atoms with van der Waals surface area (Å²) in [5, 5.41) is 8.60. The Bertz CT molecular complexity index is 175. The van der Waals surface area contributed by atoms with E-state index in [-0.39, 0.29) is 4.87 Å². The van der Waals surface area contributed by atoms with Crippen LogP contribution in [0.15, 0.2) is 0 Å². The van der Waals surface area contributed by atoms with Crippen LogP contribution < -0.4 is 0 Å². The van der Waals surface area contributed by atoms with Crippen LogP contribution in [0.1, 0.15) is 45.4 Å². The largest absolute Gasteiger partial charge is 0.198 e. The first-order valence-corrected chi connectivity index (χ1v) is 5.10. The molecule has 1 rings (SSSR count). The van der Waals surface area contributed by atoms with Crippen LogP contribution in [0.25, 0.3) is 0 Å². The third kappa shape index (κ3) is 2.38.